The molecule has 4 N–H and O–H groups in total. The summed E-state index contributed by atoms with van der Waals surface area (Å²) in [7, 11) is 0. The zero-order valence-electron chi connectivity index (χ0n) is 14.1. The van der Waals surface area contributed by atoms with Gasteiger partial charge in [0, 0.05) is 28.5 Å². The zero-order valence-corrected chi connectivity index (χ0v) is 14.9. The fourth-order valence-corrected chi connectivity index (χ4v) is 3.34. The Labute approximate surface area is 155 Å². The molecule has 1 aromatic heterocycles. The number of hydrogen-bond donors (Lipinski definition) is 4. The Balaban J connectivity index is 1.35. The van der Waals surface area contributed by atoms with Crippen LogP contribution < -0.4 is 16.2 Å². The molecule has 0 saturated carbocycles. The number of hydrogen-bond acceptors (Lipinski definition) is 3. The number of amides is 3. The van der Waals surface area contributed by atoms with Gasteiger partial charge in [-0.3, -0.25) is 10.2 Å². The van der Waals surface area contributed by atoms with Crippen LogP contribution in [-0.2, 0) is 0 Å². The molecular weight excluding hydrogens is 348 g/mol. The maximum absolute atomic E-state index is 12.2. The summed E-state index contributed by atoms with van der Waals surface area (Å²) < 4.78 is 0. The number of aromatic amines is 1. The lowest BCUT2D eigenvalue weighted by molar-refractivity contribution is 0.0938. The molecule has 0 aliphatic rings. The standard InChI is InChI=1S/C19H20N4O2S/c24-18(16-13-21-17-10-5-4-9-15(16)17)22-23-19(25)20-11-6-12-26-14-7-2-1-3-8-14/h1-5,7-10,13,21H,6,11-12H2,(H,22,24)(H2,20,23,25). The van der Waals surface area contributed by atoms with E-state index in [1.807, 2.05) is 42.5 Å². The van der Waals surface area contributed by atoms with Crippen molar-refractivity contribution >= 4 is 34.6 Å². The molecule has 0 atom stereocenters. The third kappa shape index (κ3) is 4.80. The Morgan fingerprint density at radius 2 is 1.73 bits per heavy atom. The topological polar surface area (TPSA) is 86.0 Å². The van der Waals surface area contributed by atoms with Gasteiger partial charge < -0.3 is 10.3 Å². The summed E-state index contributed by atoms with van der Waals surface area (Å²) in [5.74, 6) is 0.545. The SMILES string of the molecule is O=C(NCCCSc1ccccc1)NNC(=O)c1c[nH]c2ccccc12. The number of nitrogens with one attached hydrogen (secondary N) is 4. The summed E-state index contributed by atoms with van der Waals surface area (Å²) in [5, 5.41) is 3.53. The van der Waals surface area contributed by atoms with Crippen LogP contribution in [0.2, 0.25) is 0 Å². The fourth-order valence-electron chi connectivity index (χ4n) is 2.47. The summed E-state index contributed by atoms with van der Waals surface area (Å²) in [6.45, 7) is 0.536. The Morgan fingerprint density at radius 1 is 0.962 bits per heavy atom. The normalized spacial score (nSPS) is 10.5. The summed E-state index contributed by atoms with van der Waals surface area (Å²) in [5.41, 5.74) is 6.15. The van der Waals surface area contributed by atoms with Crippen LogP contribution in [-0.4, -0.2) is 29.2 Å². The summed E-state index contributed by atoms with van der Waals surface area (Å²) in [6, 6.07) is 17.2. The van der Waals surface area contributed by atoms with E-state index in [0.29, 0.717) is 12.1 Å². The third-order valence-corrected chi connectivity index (χ3v) is 4.84. The third-order valence-electron chi connectivity index (χ3n) is 3.74. The smallest absolute Gasteiger partial charge is 0.333 e. The maximum Gasteiger partial charge on any atom is 0.333 e. The lowest BCUT2D eigenvalue weighted by Crippen LogP contribution is -2.47. The molecule has 26 heavy (non-hydrogen) atoms. The number of fused-ring (bicyclic) bond motifs is 1. The highest BCUT2D eigenvalue weighted by Crippen LogP contribution is 2.18. The highest BCUT2D eigenvalue weighted by atomic mass is 32.2. The van der Waals surface area contributed by atoms with E-state index in [4.69, 9.17) is 0 Å². The molecule has 6 nitrogen and oxygen atoms in total. The van der Waals surface area contributed by atoms with Gasteiger partial charge in [0.05, 0.1) is 5.56 Å². The second kappa shape index (κ2) is 8.96. The van der Waals surface area contributed by atoms with Crippen LogP contribution in [0.1, 0.15) is 16.8 Å². The molecule has 0 unspecified atom stereocenters. The first-order valence-corrected chi connectivity index (χ1v) is 9.31. The molecule has 0 saturated heterocycles. The number of carbonyl (C=O) groups is 2. The van der Waals surface area contributed by atoms with Crippen molar-refractivity contribution in [1.82, 2.24) is 21.2 Å². The lowest BCUT2D eigenvalue weighted by Gasteiger charge is -2.08. The maximum atomic E-state index is 12.2. The van der Waals surface area contributed by atoms with Crippen LogP contribution in [0.25, 0.3) is 10.9 Å². The molecule has 134 valence electrons. The minimum absolute atomic E-state index is 0.364. The van der Waals surface area contributed by atoms with Crippen LogP contribution in [0.5, 0.6) is 0 Å². The Hall–Kier alpha value is -2.93. The predicted octanol–water partition coefficient (Wildman–Crippen LogP) is 3.29. The number of rotatable bonds is 6. The number of para-hydroxylation sites is 1. The van der Waals surface area contributed by atoms with Crippen molar-refractivity contribution in [2.24, 2.45) is 0 Å². The number of thioether (sulfide) groups is 1. The van der Waals surface area contributed by atoms with Gasteiger partial charge >= 0.3 is 6.03 Å². The molecule has 3 amide bonds. The average Bonchev–Trinajstić information content (AvgIpc) is 3.11. The molecule has 0 aliphatic carbocycles. The Bertz CT molecular complexity index is 879. The minimum Gasteiger partial charge on any atom is -0.360 e. The second-order valence-corrected chi connectivity index (χ2v) is 6.77. The van der Waals surface area contributed by atoms with Gasteiger partial charge in [-0.15, -0.1) is 11.8 Å². The van der Waals surface area contributed by atoms with Crippen molar-refractivity contribution in [3.63, 3.8) is 0 Å². The summed E-state index contributed by atoms with van der Waals surface area (Å²) >= 11 is 1.74. The van der Waals surface area contributed by atoms with Crippen LogP contribution in [0.3, 0.4) is 0 Å². The molecule has 1 heterocycles. The molecular formula is C19H20N4O2S. The first kappa shape index (κ1) is 17.9. The van der Waals surface area contributed by atoms with Crippen LogP contribution in [0.4, 0.5) is 4.79 Å². The van der Waals surface area contributed by atoms with E-state index in [9.17, 15) is 9.59 Å². The second-order valence-electron chi connectivity index (χ2n) is 5.60. The van der Waals surface area contributed by atoms with E-state index >= 15 is 0 Å². The van der Waals surface area contributed by atoms with Crippen molar-refractivity contribution < 1.29 is 9.59 Å². The van der Waals surface area contributed by atoms with E-state index in [1.165, 1.54) is 4.90 Å². The van der Waals surface area contributed by atoms with E-state index in [1.54, 1.807) is 18.0 Å². The monoisotopic (exact) mass is 368 g/mol. The number of benzene rings is 2. The highest BCUT2D eigenvalue weighted by Gasteiger charge is 2.12. The van der Waals surface area contributed by atoms with Gasteiger partial charge in [-0.2, -0.15) is 0 Å². The number of hydrazine groups is 1. The predicted molar refractivity (Wildman–Crippen MR) is 104 cm³/mol. The van der Waals surface area contributed by atoms with Gasteiger partial charge in [-0.05, 0) is 30.4 Å². The van der Waals surface area contributed by atoms with Gasteiger partial charge in [0.1, 0.15) is 0 Å². The minimum atomic E-state index is -0.428. The highest BCUT2D eigenvalue weighted by molar-refractivity contribution is 7.99. The molecule has 3 aromatic rings. The molecule has 0 aliphatic heterocycles. The lowest BCUT2D eigenvalue weighted by atomic mass is 10.2. The van der Waals surface area contributed by atoms with Gasteiger partial charge in [0.15, 0.2) is 0 Å². The molecule has 0 spiro atoms. The molecule has 0 radical (unpaired) electrons. The molecule has 7 heteroatoms. The van der Waals surface area contributed by atoms with E-state index in [0.717, 1.165) is 23.1 Å². The van der Waals surface area contributed by atoms with Crippen molar-refractivity contribution in [2.45, 2.75) is 11.3 Å². The van der Waals surface area contributed by atoms with Gasteiger partial charge in [0.2, 0.25) is 0 Å². The van der Waals surface area contributed by atoms with Crippen molar-refractivity contribution in [1.29, 1.82) is 0 Å². The Kier molecular flexibility index (Phi) is 6.16. The fraction of sp³-hybridized carbons (Fsp3) is 0.158. The van der Waals surface area contributed by atoms with Crippen molar-refractivity contribution in [3.05, 3.63) is 66.4 Å². The first-order valence-electron chi connectivity index (χ1n) is 8.32. The van der Waals surface area contributed by atoms with Crippen LogP contribution in [0.15, 0.2) is 65.7 Å². The molecule has 2 aromatic carbocycles. The van der Waals surface area contributed by atoms with Gasteiger partial charge in [-0.1, -0.05) is 36.4 Å². The Morgan fingerprint density at radius 3 is 2.58 bits per heavy atom. The number of aromatic nitrogens is 1. The van der Waals surface area contributed by atoms with E-state index in [2.05, 4.69) is 33.3 Å². The van der Waals surface area contributed by atoms with Gasteiger partial charge in [-0.25, -0.2) is 10.2 Å². The van der Waals surface area contributed by atoms with Crippen molar-refractivity contribution in [3.8, 4) is 0 Å². The van der Waals surface area contributed by atoms with Gasteiger partial charge in [0.25, 0.3) is 5.91 Å². The molecule has 0 bridgehead atoms. The van der Waals surface area contributed by atoms with Crippen LogP contribution >= 0.6 is 11.8 Å². The van der Waals surface area contributed by atoms with Crippen molar-refractivity contribution in [2.75, 3.05) is 12.3 Å². The van der Waals surface area contributed by atoms with E-state index < -0.39 is 6.03 Å². The number of urea groups is 1. The summed E-state index contributed by atoms with van der Waals surface area (Å²) in [6.07, 6.45) is 2.46. The largest absolute Gasteiger partial charge is 0.360 e. The number of carbonyl (C=O) groups excluding carboxylic acids is 2. The number of H-pyrrole nitrogens is 1. The molecule has 3 rings (SSSR count). The average molecular weight is 368 g/mol. The molecule has 0 fully saturated rings. The zero-order chi connectivity index (χ0) is 18.2. The first-order chi connectivity index (χ1) is 12.7. The van der Waals surface area contributed by atoms with E-state index in [-0.39, 0.29) is 5.91 Å². The quantitative estimate of drug-likeness (QED) is 0.306. The summed E-state index contributed by atoms with van der Waals surface area (Å²) in [4.78, 5) is 28.2. The van der Waals surface area contributed by atoms with Crippen LogP contribution in [0, 0.1) is 0 Å².